The van der Waals surface area contributed by atoms with Crippen LogP contribution < -0.4 is 5.32 Å². The maximum Gasteiger partial charge on any atom is 0.225 e. The SMILES string of the molecule is CNC1(C#N)CCC(C(=O)N(C)C(C)(C)C)CC1. The summed E-state index contributed by atoms with van der Waals surface area (Å²) in [6, 6.07) is 2.35. The van der Waals surface area contributed by atoms with Gasteiger partial charge in [0.15, 0.2) is 0 Å². The number of nitrogens with one attached hydrogen (secondary N) is 1. The molecule has 0 bridgehead atoms. The minimum atomic E-state index is -0.420. The summed E-state index contributed by atoms with van der Waals surface area (Å²) in [6.07, 6.45) is 3.12. The first-order chi connectivity index (χ1) is 8.25. The van der Waals surface area contributed by atoms with Crippen LogP contribution >= 0.6 is 0 Å². The number of nitriles is 1. The lowest BCUT2D eigenvalue weighted by Gasteiger charge is -2.39. The molecule has 1 saturated carbocycles. The molecule has 1 fully saturated rings. The average molecular weight is 251 g/mol. The Hall–Kier alpha value is -1.08. The second-order valence-corrected chi connectivity index (χ2v) is 6.29. The topological polar surface area (TPSA) is 56.1 Å². The van der Waals surface area contributed by atoms with Crippen molar-refractivity contribution in [2.24, 2.45) is 5.92 Å². The van der Waals surface area contributed by atoms with E-state index in [4.69, 9.17) is 0 Å². The van der Waals surface area contributed by atoms with E-state index >= 15 is 0 Å². The smallest absolute Gasteiger partial charge is 0.225 e. The highest BCUT2D eigenvalue weighted by Gasteiger charge is 2.38. The van der Waals surface area contributed by atoms with Crippen molar-refractivity contribution in [1.82, 2.24) is 10.2 Å². The van der Waals surface area contributed by atoms with E-state index < -0.39 is 5.54 Å². The van der Waals surface area contributed by atoms with Crippen molar-refractivity contribution in [1.29, 1.82) is 5.26 Å². The molecule has 1 N–H and O–H groups in total. The van der Waals surface area contributed by atoms with E-state index in [2.05, 4.69) is 11.4 Å². The van der Waals surface area contributed by atoms with E-state index in [1.165, 1.54) is 0 Å². The predicted octanol–water partition coefficient (Wildman–Crippen LogP) is 1.92. The number of amides is 1. The first-order valence-corrected chi connectivity index (χ1v) is 6.63. The second-order valence-electron chi connectivity index (χ2n) is 6.29. The van der Waals surface area contributed by atoms with Gasteiger partial charge in [0.1, 0.15) is 5.54 Å². The molecule has 0 saturated heterocycles. The lowest BCUT2D eigenvalue weighted by Crippen LogP contribution is -2.50. The van der Waals surface area contributed by atoms with Crippen molar-refractivity contribution in [3.8, 4) is 6.07 Å². The molecule has 1 amide bonds. The molecule has 18 heavy (non-hydrogen) atoms. The Bertz CT molecular complexity index is 343. The Kier molecular flexibility index (Phi) is 4.39. The van der Waals surface area contributed by atoms with Gasteiger partial charge in [0, 0.05) is 18.5 Å². The summed E-state index contributed by atoms with van der Waals surface area (Å²) in [7, 11) is 3.69. The van der Waals surface area contributed by atoms with Crippen molar-refractivity contribution in [3.05, 3.63) is 0 Å². The number of carbonyl (C=O) groups is 1. The largest absolute Gasteiger partial charge is 0.341 e. The maximum absolute atomic E-state index is 12.4. The van der Waals surface area contributed by atoms with Crippen molar-refractivity contribution in [2.75, 3.05) is 14.1 Å². The van der Waals surface area contributed by atoms with Gasteiger partial charge in [-0.25, -0.2) is 0 Å². The van der Waals surface area contributed by atoms with E-state index in [0.717, 1.165) is 25.7 Å². The average Bonchev–Trinajstić information content (AvgIpc) is 2.36. The predicted molar refractivity (Wildman–Crippen MR) is 71.9 cm³/mol. The fourth-order valence-corrected chi connectivity index (χ4v) is 2.38. The van der Waals surface area contributed by atoms with Gasteiger partial charge in [0.25, 0.3) is 0 Å². The molecule has 0 spiro atoms. The van der Waals surface area contributed by atoms with Gasteiger partial charge >= 0.3 is 0 Å². The Morgan fingerprint density at radius 1 is 1.39 bits per heavy atom. The minimum absolute atomic E-state index is 0.0732. The maximum atomic E-state index is 12.4. The fraction of sp³-hybridized carbons (Fsp3) is 0.857. The molecule has 0 heterocycles. The molecule has 0 aromatic heterocycles. The number of hydrogen-bond acceptors (Lipinski definition) is 3. The summed E-state index contributed by atoms with van der Waals surface area (Å²) in [4.78, 5) is 14.2. The van der Waals surface area contributed by atoms with Crippen LogP contribution in [-0.2, 0) is 4.79 Å². The van der Waals surface area contributed by atoms with Gasteiger partial charge in [-0.3, -0.25) is 4.79 Å². The zero-order valence-electron chi connectivity index (χ0n) is 12.2. The third-order valence-electron chi connectivity index (χ3n) is 4.22. The summed E-state index contributed by atoms with van der Waals surface area (Å²) in [5.41, 5.74) is -0.555. The number of nitrogens with zero attached hydrogens (tertiary/aromatic N) is 2. The summed E-state index contributed by atoms with van der Waals surface area (Å²) in [5.74, 6) is 0.286. The standard InChI is InChI=1S/C14H25N3O/c1-13(2,3)17(5)12(18)11-6-8-14(10-15,16-4)9-7-11/h11,16H,6-9H2,1-5H3. The van der Waals surface area contributed by atoms with Crippen molar-refractivity contribution < 1.29 is 4.79 Å². The third-order valence-corrected chi connectivity index (χ3v) is 4.22. The van der Waals surface area contributed by atoms with E-state index in [1.54, 1.807) is 0 Å². The lowest BCUT2D eigenvalue weighted by atomic mass is 9.76. The zero-order valence-corrected chi connectivity index (χ0v) is 12.2. The van der Waals surface area contributed by atoms with Crippen LogP contribution in [0.2, 0.25) is 0 Å². The van der Waals surface area contributed by atoms with Crippen LogP contribution in [0.4, 0.5) is 0 Å². The normalized spacial score (nSPS) is 28.6. The number of rotatable bonds is 2. The van der Waals surface area contributed by atoms with E-state index in [-0.39, 0.29) is 17.4 Å². The molecule has 1 aliphatic rings. The first-order valence-electron chi connectivity index (χ1n) is 6.63. The van der Waals surface area contributed by atoms with Crippen LogP contribution in [0.5, 0.6) is 0 Å². The number of carbonyl (C=O) groups excluding carboxylic acids is 1. The highest BCUT2D eigenvalue weighted by atomic mass is 16.2. The highest BCUT2D eigenvalue weighted by Crippen LogP contribution is 2.33. The zero-order chi connectivity index (χ0) is 14.0. The Balaban J connectivity index is 2.64. The monoisotopic (exact) mass is 251 g/mol. The van der Waals surface area contributed by atoms with E-state index in [1.807, 2.05) is 39.8 Å². The molecular formula is C14H25N3O. The molecule has 102 valence electrons. The van der Waals surface area contributed by atoms with Gasteiger partial charge in [-0.15, -0.1) is 0 Å². The molecule has 0 aliphatic heterocycles. The molecular weight excluding hydrogens is 226 g/mol. The van der Waals surface area contributed by atoms with Gasteiger partial charge in [-0.1, -0.05) is 0 Å². The van der Waals surface area contributed by atoms with Crippen LogP contribution in [0, 0.1) is 17.2 Å². The Labute approximate surface area is 110 Å². The van der Waals surface area contributed by atoms with Gasteiger partial charge in [0.2, 0.25) is 5.91 Å². The summed E-state index contributed by atoms with van der Waals surface area (Å²) >= 11 is 0. The van der Waals surface area contributed by atoms with Crippen molar-refractivity contribution >= 4 is 5.91 Å². The molecule has 0 aromatic carbocycles. The molecule has 4 nitrogen and oxygen atoms in total. The first kappa shape index (κ1) is 15.0. The highest BCUT2D eigenvalue weighted by molar-refractivity contribution is 5.79. The van der Waals surface area contributed by atoms with Gasteiger partial charge < -0.3 is 10.2 Å². The summed E-state index contributed by atoms with van der Waals surface area (Å²) in [5, 5.41) is 12.3. The molecule has 0 aromatic rings. The van der Waals surface area contributed by atoms with Crippen LogP contribution in [-0.4, -0.2) is 36.0 Å². The van der Waals surface area contributed by atoms with Crippen LogP contribution in [0.15, 0.2) is 0 Å². The third kappa shape index (κ3) is 3.02. The molecule has 0 radical (unpaired) electrons. The molecule has 1 aliphatic carbocycles. The van der Waals surface area contributed by atoms with E-state index in [9.17, 15) is 10.1 Å². The quantitative estimate of drug-likeness (QED) is 0.815. The Morgan fingerprint density at radius 3 is 2.22 bits per heavy atom. The van der Waals surface area contributed by atoms with Gasteiger partial charge in [-0.2, -0.15) is 5.26 Å². The van der Waals surface area contributed by atoms with Gasteiger partial charge in [-0.05, 0) is 53.5 Å². The van der Waals surface area contributed by atoms with Crippen molar-refractivity contribution in [2.45, 2.75) is 57.5 Å². The van der Waals surface area contributed by atoms with Gasteiger partial charge in [0.05, 0.1) is 6.07 Å². The fourth-order valence-electron chi connectivity index (χ4n) is 2.38. The molecule has 1 rings (SSSR count). The van der Waals surface area contributed by atoms with Crippen LogP contribution in [0.1, 0.15) is 46.5 Å². The van der Waals surface area contributed by atoms with Crippen LogP contribution in [0.25, 0.3) is 0 Å². The van der Waals surface area contributed by atoms with Crippen molar-refractivity contribution in [3.63, 3.8) is 0 Å². The van der Waals surface area contributed by atoms with E-state index in [0.29, 0.717) is 0 Å². The molecule has 0 unspecified atom stereocenters. The Morgan fingerprint density at radius 2 is 1.89 bits per heavy atom. The number of hydrogen-bond donors (Lipinski definition) is 1. The summed E-state index contributed by atoms with van der Waals surface area (Å²) in [6.45, 7) is 6.13. The molecule has 0 atom stereocenters. The second kappa shape index (κ2) is 5.27. The summed E-state index contributed by atoms with van der Waals surface area (Å²) < 4.78 is 0. The lowest BCUT2D eigenvalue weighted by molar-refractivity contribution is -0.139. The minimum Gasteiger partial charge on any atom is -0.341 e. The molecule has 4 heteroatoms. The van der Waals surface area contributed by atoms with Crippen LogP contribution in [0.3, 0.4) is 0 Å².